The van der Waals surface area contributed by atoms with Crippen LogP contribution in [0.2, 0.25) is 0 Å². The largest absolute Gasteiger partial charge is 0.497 e. The van der Waals surface area contributed by atoms with Gasteiger partial charge in [-0.05, 0) is 42.5 Å². The average molecular weight is 346 g/mol. The fourth-order valence-corrected chi connectivity index (χ4v) is 3.76. The van der Waals surface area contributed by atoms with Crippen LogP contribution in [0.4, 0.5) is 0 Å². The number of nitrogens with zero attached hydrogens (tertiary/aromatic N) is 2. The second-order valence-corrected chi connectivity index (χ2v) is 6.63. The minimum atomic E-state index is -0.292. The zero-order valence-electron chi connectivity index (χ0n) is 15.0. The molecule has 0 bridgehead atoms. The highest BCUT2D eigenvalue weighted by Gasteiger charge is 2.23. The van der Waals surface area contributed by atoms with Crippen molar-refractivity contribution < 1.29 is 4.74 Å². The Morgan fingerprint density at radius 3 is 2.50 bits per heavy atom. The summed E-state index contributed by atoms with van der Waals surface area (Å²) >= 11 is 0. The van der Waals surface area contributed by atoms with Gasteiger partial charge >= 0.3 is 0 Å². The Bertz CT molecular complexity index is 921. The van der Waals surface area contributed by atoms with Crippen LogP contribution in [0.5, 0.6) is 5.75 Å². The molecule has 0 aliphatic heterocycles. The Kier molecular flexibility index (Phi) is 5.44. The zero-order chi connectivity index (χ0) is 18.5. The number of nitriles is 1. The van der Waals surface area contributed by atoms with Crippen LogP contribution in [0, 0.1) is 23.7 Å². The number of ether oxygens (including phenoxy) is 1. The molecule has 1 aromatic heterocycles. The highest BCUT2D eigenvalue weighted by atomic mass is 16.5. The summed E-state index contributed by atoms with van der Waals surface area (Å²) in [6.07, 6.45) is 11.2. The van der Waals surface area contributed by atoms with E-state index < -0.39 is 0 Å². The highest BCUT2D eigenvalue weighted by Crippen LogP contribution is 2.35. The molecule has 1 aliphatic carbocycles. The second-order valence-electron chi connectivity index (χ2n) is 6.63. The lowest BCUT2D eigenvalue weighted by Crippen LogP contribution is -2.28. The Labute approximate surface area is 154 Å². The summed E-state index contributed by atoms with van der Waals surface area (Å²) < 4.78 is 6.81. The molecule has 0 atom stereocenters. The average Bonchev–Trinajstić information content (AvgIpc) is 2.70. The van der Waals surface area contributed by atoms with Gasteiger partial charge in [0.1, 0.15) is 17.4 Å². The van der Waals surface area contributed by atoms with E-state index in [2.05, 4.69) is 12.0 Å². The van der Waals surface area contributed by atoms with Crippen molar-refractivity contribution in [2.24, 2.45) is 0 Å². The van der Waals surface area contributed by atoms with Gasteiger partial charge in [-0.3, -0.25) is 9.36 Å². The summed E-state index contributed by atoms with van der Waals surface area (Å²) in [5.41, 5.74) is 2.32. The molecule has 1 fully saturated rings. The highest BCUT2D eigenvalue weighted by molar-refractivity contribution is 5.71. The molecule has 0 N–H and O–H groups in total. The normalized spacial score (nSPS) is 14.4. The maximum atomic E-state index is 13.0. The monoisotopic (exact) mass is 346 g/mol. The van der Waals surface area contributed by atoms with Crippen LogP contribution in [0.15, 0.2) is 35.1 Å². The third kappa shape index (κ3) is 3.37. The van der Waals surface area contributed by atoms with Crippen molar-refractivity contribution in [3.63, 3.8) is 0 Å². The summed E-state index contributed by atoms with van der Waals surface area (Å²) in [5.74, 6) is 3.62. The van der Waals surface area contributed by atoms with E-state index in [1.807, 2.05) is 30.3 Å². The van der Waals surface area contributed by atoms with E-state index in [0.717, 1.165) is 42.7 Å². The van der Waals surface area contributed by atoms with Gasteiger partial charge in [-0.25, -0.2) is 0 Å². The summed E-state index contributed by atoms with van der Waals surface area (Å²) in [6.45, 7) is 0.197. The summed E-state index contributed by atoms with van der Waals surface area (Å²) in [6, 6.07) is 11.5. The molecule has 4 heteroatoms. The van der Waals surface area contributed by atoms with Crippen molar-refractivity contribution in [1.29, 1.82) is 5.26 Å². The number of methoxy groups -OCH3 is 1. The predicted molar refractivity (Wildman–Crippen MR) is 102 cm³/mol. The number of aromatic nitrogens is 1. The van der Waals surface area contributed by atoms with E-state index >= 15 is 0 Å². The van der Waals surface area contributed by atoms with Crippen LogP contribution in [0.1, 0.15) is 49.3 Å². The topological polar surface area (TPSA) is 55.0 Å². The first-order valence-corrected chi connectivity index (χ1v) is 8.95. The van der Waals surface area contributed by atoms with Gasteiger partial charge < -0.3 is 4.74 Å². The molecule has 26 heavy (non-hydrogen) atoms. The molecule has 3 rings (SSSR count). The van der Waals surface area contributed by atoms with Crippen molar-refractivity contribution in [1.82, 2.24) is 4.57 Å². The number of terminal acetylenes is 1. The lowest BCUT2D eigenvalue weighted by molar-refractivity contribution is 0.415. The van der Waals surface area contributed by atoms with Gasteiger partial charge in [-0.1, -0.05) is 37.3 Å². The number of benzene rings is 1. The predicted octanol–water partition coefficient (Wildman–Crippen LogP) is 4.08. The molecule has 0 radical (unpaired) electrons. The number of pyridine rings is 1. The van der Waals surface area contributed by atoms with Crippen molar-refractivity contribution in [3.8, 4) is 35.3 Å². The van der Waals surface area contributed by atoms with Crippen LogP contribution >= 0.6 is 0 Å². The molecule has 132 valence electrons. The first kappa shape index (κ1) is 17.8. The van der Waals surface area contributed by atoms with Crippen LogP contribution in [0.25, 0.3) is 11.1 Å². The van der Waals surface area contributed by atoms with Crippen molar-refractivity contribution in [3.05, 3.63) is 51.9 Å². The molecule has 4 nitrogen and oxygen atoms in total. The molecule has 0 unspecified atom stereocenters. The second kappa shape index (κ2) is 7.93. The van der Waals surface area contributed by atoms with Crippen LogP contribution in [0.3, 0.4) is 0 Å². The van der Waals surface area contributed by atoms with Gasteiger partial charge in [-0.15, -0.1) is 6.42 Å². The number of hydrogen-bond donors (Lipinski definition) is 0. The molecule has 1 heterocycles. The van der Waals surface area contributed by atoms with E-state index in [0.29, 0.717) is 11.5 Å². The fraction of sp³-hybridized carbons (Fsp3) is 0.364. The maximum absolute atomic E-state index is 13.0. The SMILES string of the molecule is C#CCn1c(C2CCCCC2)cc(-c2ccc(OC)cc2)c(C#N)c1=O. The van der Waals surface area contributed by atoms with Gasteiger partial charge in [0.05, 0.1) is 13.7 Å². The van der Waals surface area contributed by atoms with E-state index in [4.69, 9.17) is 11.2 Å². The number of rotatable bonds is 4. The zero-order valence-corrected chi connectivity index (χ0v) is 15.0. The molecule has 0 amide bonds. The Balaban J connectivity index is 2.20. The van der Waals surface area contributed by atoms with Gasteiger partial charge in [0, 0.05) is 11.3 Å². The maximum Gasteiger partial charge on any atom is 0.270 e. The third-order valence-electron chi connectivity index (χ3n) is 5.12. The van der Waals surface area contributed by atoms with Gasteiger partial charge in [0.2, 0.25) is 0 Å². The molecule has 2 aromatic rings. The Hall–Kier alpha value is -2.98. The van der Waals surface area contributed by atoms with Crippen molar-refractivity contribution in [2.75, 3.05) is 7.11 Å². The molecule has 1 aliphatic rings. The van der Waals surface area contributed by atoms with Crippen LogP contribution in [-0.2, 0) is 6.54 Å². The number of hydrogen-bond acceptors (Lipinski definition) is 3. The minimum absolute atomic E-state index is 0.143. The lowest BCUT2D eigenvalue weighted by atomic mass is 9.85. The minimum Gasteiger partial charge on any atom is -0.497 e. The Morgan fingerprint density at radius 1 is 1.23 bits per heavy atom. The van der Waals surface area contributed by atoms with E-state index in [9.17, 15) is 10.1 Å². The molecular formula is C22H22N2O2. The van der Waals surface area contributed by atoms with Crippen molar-refractivity contribution >= 4 is 0 Å². The van der Waals surface area contributed by atoms with Crippen molar-refractivity contribution in [2.45, 2.75) is 44.6 Å². The molecule has 1 saturated carbocycles. The van der Waals surface area contributed by atoms with Crippen LogP contribution < -0.4 is 10.3 Å². The summed E-state index contributed by atoms with van der Waals surface area (Å²) in [5, 5.41) is 9.62. The standard InChI is InChI=1S/C22H22N2O2/c1-3-13-24-21(17-7-5-4-6-8-17)14-19(20(15-23)22(24)25)16-9-11-18(26-2)12-10-16/h1,9-12,14,17H,4-8,13H2,2H3. The first-order chi connectivity index (χ1) is 12.7. The smallest absolute Gasteiger partial charge is 0.270 e. The molecule has 0 saturated heterocycles. The quantitative estimate of drug-likeness (QED) is 0.784. The molecule has 1 aromatic carbocycles. The van der Waals surface area contributed by atoms with E-state index in [-0.39, 0.29) is 17.7 Å². The lowest BCUT2D eigenvalue weighted by Gasteiger charge is -2.25. The van der Waals surface area contributed by atoms with Gasteiger partial charge in [0.25, 0.3) is 5.56 Å². The Morgan fingerprint density at radius 2 is 1.92 bits per heavy atom. The van der Waals surface area contributed by atoms with Gasteiger partial charge in [0.15, 0.2) is 0 Å². The molecular weight excluding hydrogens is 324 g/mol. The van der Waals surface area contributed by atoms with E-state index in [1.165, 1.54) is 6.42 Å². The van der Waals surface area contributed by atoms with Crippen LogP contribution in [-0.4, -0.2) is 11.7 Å². The van der Waals surface area contributed by atoms with Gasteiger partial charge in [-0.2, -0.15) is 5.26 Å². The first-order valence-electron chi connectivity index (χ1n) is 8.95. The van der Waals surface area contributed by atoms with E-state index in [1.54, 1.807) is 11.7 Å². The third-order valence-corrected chi connectivity index (χ3v) is 5.12. The molecule has 0 spiro atoms. The fourth-order valence-electron chi connectivity index (χ4n) is 3.76. The summed E-state index contributed by atoms with van der Waals surface area (Å²) in [4.78, 5) is 13.0. The summed E-state index contributed by atoms with van der Waals surface area (Å²) in [7, 11) is 1.61.